The highest BCUT2D eigenvalue weighted by Gasteiger charge is 2.27. The number of nitrogens with two attached hydrogens (primary N) is 1. The third-order valence-electron chi connectivity index (χ3n) is 3.32. The molecule has 0 bridgehead atoms. The van der Waals surface area contributed by atoms with Gasteiger partial charge in [0.2, 0.25) is 0 Å². The van der Waals surface area contributed by atoms with Crippen molar-refractivity contribution in [3.05, 3.63) is 0 Å². The van der Waals surface area contributed by atoms with Crippen LogP contribution >= 0.6 is 0 Å². The molecule has 1 saturated carbocycles. The van der Waals surface area contributed by atoms with E-state index in [9.17, 15) is 4.79 Å². The first kappa shape index (κ1) is 13.5. The molecule has 0 amide bonds. The average Bonchev–Trinajstić information content (AvgIpc) is 2.16. The summed E-state index contributed by atoms with van der Waals surface area (Å²) in [5.41, 5.74) is 5.74. The summed E-state index contributed by atoms with van der Waals surface area (Å²) in [6.45, 7) is 6.48. The van der Waals surface area contributed by atoms with Gasteiger partial charge in [0.05, 0.1) is 0 Å². The van der Waals surface area contributed by atoms with Gasteiger partial charge in [0.25, 0.3) is 0 Å². The standard InChI is InChI=1S/C13H25NO2/c1-4-5-12(14)13(15)16-11-7-9(2)6-10(3)8-11/h9-12H,4-8,14H2,1-3H3. The maximum atomic E-state index is 11.7. The molecular weight excluding hydrogens is 202 g/mol. The van der Waals surface area contributed by atoms with Gasteiger partial charge >= 0.3 is 5.97 Å². The van der Waals surface area contributed by atoms with Crippen molar-refractivity contribution in [2.75, 3.05) is 0 Å². The lowest BCUT2D eigenvalue weighted by molar-refractivity contribution is -0.153. The van der Waals surface area contributed by atoms with Crippen molar-refractivity contribution in [2.45, 2.75) is 65.0 Å². The molecule has 3 heteroatoms. The predicted molar refractivity (Wildman–Crippen MR) is 64.9 cm³/mol. The summed E-state index contributed by atoms with van der Waals surface area (Å²) < 4.78 is 5.48. The van der Waals surface area contributed by atoms with Crippen molar-refractivity contribution in [1.82, 2.24) is 0 Å². The molecule has 3 nitrogen and oxygen atoms in total. The fourth-order valence-corrected chi connectivity index (χ4v) is 2.65. The van der Waals surface area contributed by atoms with E-state index in [-0.39, 0.29) is 12.1 Å². The van der Waals surface area contributed by atoms with Crippen molar-refractivity contribution in [2.24, 2.45) is 17.6 Å². The van der Waals surface area contributed by atoms with Crippen molar-refractivity contribution >= 4 is 5.97 Å². The van der Waals surface area contributed by atoms with Crippen LogP contribution in [0.5, 0.6) is 0 Å². The molecule has 0 aliphatic heterocycles. The summed E-state index contributed by atoms with van der Waals surface area (Å²) in [6.07, 6.45) is 4.97. The van der Waals surface area contributed by atoms with Gasteiger partial charge in [0.1, 0.15) is 12.1 Å². The second kappa shape index (κ2) is 6.24. The SMILES string of the molecule is CCCC(N)C(=O)OC1CC(C)CC(C)C1. The van der Waals surface area contributed by atoms with E-state index >= 15 is 0 Å². The van der Waals surface area contributed by atoms with Crippen LogP contribution in [-0.4, -0.2) is 18.1 Å². The van der Waals surface area contributed by atoms with Crippen LogP contribution in [0.25, 0.3) is 0 Å². The molecule has 0 aromatic carbocycles. The molecule has 0 aromatic heterocycles. The zero-order valence-corrected chi connectivity index (χ0v) is 10.7. The van der Waals surface area contributed by atoms with Gasteiger partial charge in [0.15, 0.2) is 0 Å². The van der Waals surface area contributed by atoms with Gasteiger partial charge in [0, 0.05) is 0 Å². The molecule has 0 spiro atoms. The summed E-state index contributed by atoms with van der Waals surface area (Å²) in [7, 11) is 0. The number of carbonyl (C=O) groups excluding carboxylic acids is 1. The highest BCUT2D eigenvalue weighted by Crippen LogP contribution is 2.30. The van der Waals surface area contributed by atoms with Crippen LogP contribution in [0.3, 0.4) is 0 Å². The lowest BCUT2D eigenvalue weighted by atomic mass is 9.82. The maximum Gasteiger partial charge on any atom is 0.323 e. The Morgan fingerprint density at radius 1 is 1.31 bits per heavy atom. The van der Waals surface area contributed by atoms with Crippen LogP contribution in [0.15, 0.2) is 0 Å². The van der Waals surface area contributed by atoms with Crippen LogP contribution in [0.4, 0.5) is 0 Å². The van der Waals surface area contributed by atoms with Crippen molar-refractivity contribution in [1.29, 1.82) is 0 Å². The number of hydrogen-bond acceptors (Lipinski definition) is 3. The van der Waals surface area contributed by atoms with Crippen molar-refractivity contribution < 1.29 is 9.53 Å². The van der Waals surface area contributed by atoms with E-state index in [0.29, 0.717) is 11.8 Å². The van der Waals surface area contributed by atoms with E-state index in [1.54, 1.807) is 0 Å². The second-order valence-electron chi connectivity index (χ2n) is 5.37. The Morgan fingerprint density at radius 3 is 2.38 bits per heavy atom. The Labute approximate surface area is 98.7 Å². The second-order valence-corrected chi connectivity index (χ2v) is 5.37. The molecule has 0 saturated heterocycles. The lowest BCUT2D eigenvalue weighted by Crippen LogP contribution is -2.37. The normalized spacial score (nSPS) is 32.1. The fraction of sp³-hybridized carbons (Fsp3) is 0.923. The molecule has 1 rings (SSSR count). The van der Waals surface area contributed by atoms with E-state index in [1.165, 1.54) is 6.42 Å². The zero-order valence-electron chi connectivity index (χ0n) is 10.7. The number of rotatable bonds is 4. The molecule has 3 atom stereocenters. The topological polar surface area (TPSA) is 52.3 Å². The molecule has 94 valence electrons. The lowest BCUT2D eigenvalue weighted by Gasteiger charge is -2.31. The molecule has 0 heterocycles. The molecule has 16 heavy (non-hydrogen) atoms. The molecule has 1 aliphatic rings. The molecule has 1 fully saturated rings. The summed E-state index contributed by atoms with van der Waals surface area (Å²) in [4.78, 5) is 11.7. The van der Waals surface area contributed by atoms with Crippen LogP contribution < -0.4 is 5.73 Å². The summed E-state index contributed by atoms with van der Waals surface area (Å²) in [5.74, 6) is 1.10. The van der Waals surface area contributed by atoms with Crippen LogP contribution in [0.2, 0.25) is 0 Å². The minimum absolute atomic E-state index is 0.0918. The van der Waals surface area contributed by atoms with Crippen LogP contribution in [-0.2, 0) is 9.53 Å². The Bertz CT molecular complexity index is 220. The van der Waals surface area contributed by atoms with E-state index in [1.807, 2.05) is 6.92 Å². The van der Waals surface area contributed by atoms with Gasteiger partial charge < -0.3 is 10.5 Å². The van der Waals surface area contributed by atoms with Crippen LogP contribution in [0.1, 0.15) is 52.9 Å². The highest BCUT2D eigenvalue weighted by molar-refractivity contribution is 5.75. The molecule has 0 aromatic rings. The van der Waals surface area contributed by atoms with Crippen molar-refractivity contribution in [3.63, 3.8) is 0 Å². The number of hydrogen-bond donors (Lipinski definition) is 1. The molecule has 0 radical (unpaired) electrons. The van der Waals surface area contributed by atoms with Gasteiger partial charge in [-0.2, -0.15) is 0 Å². The first-order chi connectivity index (χ1) is 7.52. The summed E-state index contributed by atoms with van der Waals surface area (Å²) in [5, 5.41) is 0. The Morgan fingerprint density at radius 2 is 1.88 bits per heavy atom. The highest BCUT2D eigenvalue weighted by atomic mass is 16.5. The van der Waals surface area contributed by atoms with Gasteiger partial charge in [-0.25, -0.2) is 0 Å². The smallest absolute Gasteiger partial charge is 0.323 e. The van der Waals surface area contributed by atoms with E-state index in [2.05, 4.69) is 13.8 Å². The van der Waals surface area contributed by atoms with E-state index in [4.69, 9.17) is 10.5 Å². The van der Waals surface area contributed by atoms with Gasteiger partial charge in [-0.3, -0.25) is 4.79 Å². The number of esters is 1. The van der Waals surface area contributed by atoms with Gasteiger partial charge in [-0.05, 0) is 37.5 Å². The molecule has 3 unspecified atom stereocenters. The predicted octanol–water partition coefficient (Wildman–Crippen LogP) is 2.48. The Hall–Kier alpha value is -0.570. The molecule has 1 aliphatic carbocycles. The fourth-order valence-electron chi connectivity index (χ4n) is 2.65. The van der Waals surface area contributed by atoms with Gasteiger partial charge in [-0.1, -0.05) is 27.2 Å². The number of carbonyl (C=O) groups is 1. The monoisotopic (exact) mass is 227 g/mol. The molecule has 2 N–H and O–H groups in total. The minimum Gasteiger partial charge on any atom is -0.461 e. The first-order valence-electron chi connectivity index (χ1n) is 6.49. The van der Waals surface area contributed by atoms with Gasteiger partial charge in [-0.15, -0.1) is 0 Å². The Balaban J connectivity index is 2.38. The maximum absolute atomic E-state index is 11.7. The van der Waals surface area contributed by atoms with Crippen LogP contribution in [0, 0.1) is 11.8 Å². The molecular formula is C13H25NO2. The quantitative estimate of drug-likeness (QED) is 0.751. The third-order valence-corrected chi connectivity index (χ3v) is 3.32. The van der Waals surface area contributed by atoms with E-state index in [0.717, 1.165) is 25.7 Å². The third kappa shape index (κ3) is 4.12. The minimum atomic E-state index is -0.433. The average molecular weight is 227 g/mol. The largest absolute Gasteiger partial charge is 0.461 e. The zero-order chi connectivity index (χ0) is 12.1. The number of ether oxygens (including phenoxy) is 1. The van der Waals surface area contributed by atoms with Crippen molar-refractivity contribution in [3.8, 4) is 0 Å². The summed E-state index contributed by atoms with van der Waals surface area (Å²) in [6, 6.07) is -0.433. The first-order valence-corrected chi connectivity index (χ1v) is 6.49. The summed E-state index contributed by atoms with van der Waals surface area (Å²) >= 11 is 0. The van der Waals surface area contributed by atoms with E-state index < -0.39 is 6.04 Å². The Kier molecular flexibility index (Phi) is 5.26.